The summed E-state index contributed by atoms with van der Waals surface area (Å²) >= 11 is 2.02. The van der Waals surface area contributed by atoms with Crippen LogP contribution in [0.4, 0.5) is 4.39 Å². The second kappa shape index (κ2) is 6.46. The zero-order valence-electron chi connectivity index (χ0n) is 12.3. The minimum Gasteiger partial charge on any atom is -0.468 e. The van der Waals surface area contributed by atoms with Crippen molar-refractivity contribution in [2.45, 2.75) is 10.8 Å². The molecule has 2 aromatic heterocycles. The molecule has 10 heteroatoms. The van der Waals surface area contributed by atoms with Crippen molar-refractivity contribution in [2.24, 2.45) is 4.40 Å². The van der Waals surface area contributed by atoms with E-state index >= 15 is 0 Å². The number of ether oxygens (including phenoxy) is 1. The smallest absolute Gasteiger partial charge is 0.325 e. The standard InChI is InChI=1S/C14H11FN2O4S3/c1-21-11(18)8-17-13-9(15)4-2-5-10(13)23-14(17)16-24(19,20)12-6-3-7-22-12/h2-7H,8H2,1H3/b16-14-. The number of esters is 1. The van der Waals surface area contributed by atoms with E-state index < -0.39 is 21.8 Å². The van der Waals surface area contributed by atoms with Gasteiger partial charge in [0.25, 0.3) is 10.0 Å². The van der Waals surface area contributed by atoms with Crippen molar-refractivity contribution in [1.29, 1.82) is 0 Å². The summed E-state index contributed by atoms with van der Waals surface area (Å²) in [6.45, 7) is -0.337. The summed E-state index contributed by atoms with van der Waals surface area (Å²) in [6, 6.07) is 7.41. The highest BCUT2D eigenvalue weighted by Crippen LogP contribution is 2.22. The lowest BCUT2D eigenvalue weighted by atomic mass is 10.3. The quantitative estimate of drug-likeness (QED) is 0.645. The number of nitrogens with zero attached hydrogens (tertiary/aromatic N) is 2. The third-order valence-electron chi connectivity index (χ3n) is 3.11. The molecule has 0 spiro atoms. The Morgan fingerprint density at radius 3 is 2.79 bits per heavy atom. The SMILES string of the molecule is COC(=O)Cn1/c(=N/S(=O)(=O)c2cccs2)sc2cccc(F)c21. The van der Waals surface area contributed by atoms with E-state index in [1.807, 2.05) is 0 Å². The van der Waals surface area contributed by atoms with Crippen LogP contribution >= 0.6 is 22.7 Å². The number of sulfonamides is 1. The number of rotatable bonds is 4. The molecule has 6 nitrogen and oxygen atoms in total. The normalized spacial score (nSPS) is 12.7. The van der Waals surface area contributed by atoms with E-state index in [0.717, 1.165) is 22.7 Å². The van der Waals surface area contributed by atoms with E-state index in [-0.39, 0.29) is 21.1 Å². The van der Waals surface area contributed by atoms with Crippen molar-refractivity contribution in [2.75, 3.05) is 7.11 Å². The fourth-order valence-electron chi connectivity index (χ4n) is 2.06. The Labute approximate surface area is 144 Å². The van der Waals surface area contributed by atoms with Crippen LogP contribution in [0.1, 0.15) is 0 Å². The van der Waals surface area contributed by atoms with Crippen LogP contribution in [0.5, 0.6) is 0 Å². The lowest BCUT2D eigenvalue weighted by Crippen LogP contribution is -2.22. The molecule has 0 atom stereocenters. The van der Waals surface area contributed by atoms with Crippen LogP contribution in [-0.4, -0.2) is 26.1 Å². The summed E-state index contributed by atoms with van der Waals surface area (Å²) in [5, 5.41) is 1.62. The number of aromatic nitrogens is 1. The van der Waals surface area contributed by atoms with Gasteiger partial charge in [-0.3, -0.25) is 4.79 Å². The summed E-state index contributed by atoms with van der Waals surface area (Å²) in [5.41, 5.74) is 0.119. The third-order valence-corrected chi connectivity index (χ3v) is 6.91. The van der Waals surface area contributed by atoms with Gasteiger partial charge in [0.2, 0.25) is 4.80 Å². The fourth-order valence-corrected chi connectivity index (χ4v) is 5.27. The highest BCUT2D eigenvalue weighted by atomic mass is 32.2. The lowest BCUT2D eigenvalue weighted by molar-refractivity contribution is -0.141. The fraction of sp³-hybridized carbons (Fsp3) is 0.143. The first-order chi connectivity index (χ1) is 11.4. The Bertz CT molecular complexity index is 1070. The van der Waals surface area contributed by atoms with E-state index in [9.17, 15) is 17.6 Å². The average Bonchev–Trinajstić information content (AvgIpc) is 3.17. The summed E-state index contributed by atoms with van der Waals surface area (Å²) in [4.78, 5) is 11.6. The topological polar surface area (TPSA) is 77.7 Å². The van der Waals surface area contributed by atoms with Gasteiger partial charge in [0, 0.05) is 0 Å². The maximum Gasteiger partial charge on any atom is 0.325 e. The molecule has 126 valence electrons. The molecule has 0 radical (unpaired) electrons. The van der Waals surface area contributed by atoms with Crippen LogP contribution in [-0.2, 0) is 26.1 Å². The molecule has 24 heavy (non-hydrogen) atoms. The zero-order valence-corrected chi connectivity index (χ0v) is 14.8. The lowest BCUT2D eigenvalue weighted by Gasteiger charge is -2.04. The molecule has 0 aliphatic rings. The zero-order chi connectivity index (χ0) is 17.3. The number of thiazole rings is 1. The van der Waals surface area contributed by atoms with Crippen molar-refractivity contribution in [3.63, 3.8) is 0 Å². The number of thiophene rings is 1. The van der Waals surface area contributed by atoms with Gasteiger partial charge in [0.15, 0.2) is 0 Å². The van der Waals surface area contributed by atoms with Crippen LogP contribution in [0, 0.1) is 5.82 Å². The molecule has 3 aromatic rings. The molecular formula is C14H11FN2O4S3. The first-order valence-electron chi connectivity index (χ1n) is 6.61. The van der Waals surface area contributed by atoms with Gasteiger partial charge in [0.05, 0.1) is 17.3 Å². The molecule has 3 rings (SSSR count). The molecule has 0 N–H and O–H groups in total. The number of halogens is 1. The van der Waals surface area contributed by atoms with Crippen LogP contribution in [0.15, 0.2) is 44.3 Å². The largest absolute Gasteiger partial charge is 0.468 e. The number of hydrogen-bond acceptors (Lipinski definition) is 6. The van der Waals surface area contributed by atoms with Gasteiger partial charge in [-0.1, -0.05) is 23.5 Å². The van der Waals surface area contributed by atoms with Crippen LogP contribution in [0.2, 0.25) is 0 Å². The highest BCUT2D eigenvalue weighted by molar-refractivity contribution is 7.92. The number of para-hydroxylation sites is 1. The number of hydrogen-bond donors (Lipinski definition) is 0. The van der Waals surface area contributed by atoms with Crippen molar-refractivity contribution >= 4 is 48.9 Å². The van der Waals surface area contributed by atoms with Crippen molar-refractivity contribution < 1.29 is 22.3 Å². The van der Waals surface area contributed by atoms with Crippen LogP contribution < -0.4 is 4.80 Å². The van der Waals surface area contributed by atoms with E-state index in [4.69, 9.17) is 0 Å². The van der Waals surface area contributed by atoms with Crippen molar-refractivity contribution in [3.8, 4) is 0 Å². The molecule has 2 heterocycles. The van der Waals surface area contributed by atoms with Gasteiger partial charge in [-0.05, 0) is 23.6 Å². The number of methoxy groups -OCH3 is 1. The molecule has 0 saturated heterocycles. The summed E-state index contributed by atoms with van der Waals surface area (Å²) in [7, 11) is -2.74. The van der Waals surface area contributed by atoms with Crippen LogP contribution in [0.3, 0.4) is 0 Å². The molecule has 0 amide bonds. The van der Waals surface area contributed by atoms with Gasteiger partial charge in [0.1, 0.15) is 16.6 Å². The molecule has 0 aliphatic heterocycles. The summed E-state index contributed by atoms with van der Waals surface area (Å²) in [5.74, 6) is -1.20. The number of fused-ring (bicyclic) bond motifs is 1. The molecular weight excluding hydrogens is 375 g/mol. The Kier molecular flexibility index (Phi) is 4.52. The molecule has 0 fully saturated rings. The van der Waals surface area contributed by atoms with Crippen LogP contribution in [0.25, 0.3) is 10.2 Å². The first-order valence-corrected chi connectivity index (χ1v) is 9.75. The Hall–Kier alpha value is -2.04. The van der Waals surface area contributed by atoms with E-state index in [0.29, 0.717) is 4.70 Å². The maximum absolute atomic E-state index is 14.2. The second-order valence-electron chi connectivity index (χ2n) is 4.63. The minimum atomic E-state index is -3.94. The molecule has 0 bridgehead atoms. The Morgan fingerprint density at radius 1 is 1.33 bits per heavy atom. The average molecular weight is 386 g/mol. The molecule has 0 unspecified atom stereocenters. The van der Waals surface area contributed by atoms with Gasteiger partial charge in [-0.15, -0.1) is 15.7 Å². The highest BCUT2D eigenvalue weighted by Gasteiger charge is 2.18. The summed E-state index contributed by atoms with van der Waals surface area (Å²) in [6.07, 6.45) is 0. The minimum absolute atomic E-state index is 0.00824. The summed E-state index contributed by atoms with van der Waals surface area (Å²) < 4.78 is 49.0. The Balaban J connectivity index is 2.28. The number of carbonyl (C=O) groups is 1. The van der Waals surface area contributed by atoms with Crippen molar-refractivity contribution in [3.05, 3.63) is 46.3 Å². The Morgan fingerprint density at radius 2 is 2.12 bits per heavy atom. The number of benzene rings is 1. The van der Waals surface area contributed by atoms with Gasteiger partial charge in [-0.25, -0.2) is 4.39 Å². The van der Waals surface area contributed by atoms with E-state index in [2.05, 4.69) is 9.13 Å². The maximum atomic E-state index is 14.2. The van der Waals surface area contributed by atoms with Crippen molar-refractivity contribution in [1.82, 2.24) is 4.57 Å². The molecule has 1 aromatic carbocycles. The number of carbonyl (C=O) groups excluding carboxylic acids is 1. The second-order valence-corrected chi connectivity index (χ2v) is 8.42. The van der Waals surface area contributed by atoms with E-state index in [1.54, 1.807) is 17.5 Å². The monoisotopic (exact) mass is 386 g/mol. The third kappa shape index (κ3) is 3.12. The van der Waals surface area contributed by atoms with Gasteiger partial charge in [-0.2, -0.15) is 8.42 Å². The van der Waals surface area contributed by atoms with Gasteiger partial charge >= 0.3 is 5.97 Å². The van der Waals surface area contributed by atoms with Gasteiger partial charge < -0.3 is 9.30 Å². The van der Waals surface area contributed by atoms with E-state index in [1.165, 1.54) is 29.9 Å². The molecule has 0 saturated carbocycles. The predicted octanol–water partition coefficient (Wildman–Crippen LogP) is 2.37. The molecule has 0 aliphatic carbocycles. The predicted molar refractivity (Wildman–Crippen MR) is 88.9 cm³/mol. The first kappa shape index (κ1) is 16.8.